The van der Waals surface area contributed by atoms with Crippen LogP contribution in [0.1, 0.15) is 21.5 Å². The van der Waals surface area contributed by atoms with Gasteiger partial charge < -0.3 is 5.11 Å². The zero-order valence-corrected chi connectivity index (χ0v) is 14.5. The molecule has 136 valence electrons. The maximum atomic E-state index is 12.5. The number of rotatable bonds is 5. The lowest BCUT2D eigenvalue weighted by atomic mass is 10.1. The summed E-state index contributed by atoms with van der Waals surface area (Å²) in [7, 11) is 0. The molecule has 0 aliphatic carbocycles. The van der Waals surface area contributed by atoms with Crippen molar-refractivity contribution in [1.82, 2.24) is 4.90 Å². The first-order chi connectivity index (χ1) is 12.8. The maximum absolute atomic E-state index is 12.5. The highest BCUT2D eigenvalue weighted by Crippen LogP contribution is 2.33. The highest BCUT2D eigenvalue weighted by molar-refractivity contribution is 8.18. The number of imide groups is 1. The van der Waals surface area contributed by atoms with Crippen molar-refractivity contribution in [2.24, 2.45) is 0 Å². The summed E-state index contributed by atoms with van der Waals surface area (Å²) < 4.78 is 0. The van der Waals surface area contributed by atoms with Crippen LogP contribution in [-0.2, 0) is 11.3 Å². The number of nitrogens with zero attached hydrogens (tertiary/aromatic N) is 2. The molecule has 1 aliphatic heterocycles. The van der Waals surface area contributed by atoms with Crippen LogP contribution in [0.2, 0.25) is 0 Å². The van der Waals surface area contributed by atoms with Gasteiger partial charge in [-0.25, -0.2) is 4.79 Å². The quantitative estimate of drug-likeness (QED) is 0.476. The highest BCUT2D eigenvalue weighted by Gasteiger charge is 2.35. The molecule has 0 atom stereocenters. The van der Waals surface area contributed by atoms with Crippen molar-refractivity contribution in [3.8, 4) is 0 Å². The van der Waals surface area contributed by atoms with Crippen molar-refractivity contribution < 1.29 is 24.4 Å². The minimum Gasteiger partial charge on any atom is -0.478 e. The molecule has 2 aromatic carbocycles. The van der Waals surface area contributed by atoms with E-state index in [0.29, 0.717) is 11.1 Å². The fourth-order valence-corrected chi connectivity index (χ4v) is 3.30. The number of carboxylic acids is 1. The molecule has 9 heteroatoms. The zero-order valence-electron chi connectivity index (χ0n) is 13.7. The molecule has 0 unspecified atom stereocenters. The van der Waals surface area contributed by atoms with E-state index in [-0.39, 0.29) is 22.7 Å². The number of hydrogen-bond acceptors (Lipinski definition) is 6. The number of carboxylic acid groups (broad SMARTS) is 1. The number of nitro groups is 1. The molecule has 3 rings (SSSR count). The van der Waals surface area contributed by atoms with Crippen LogP contribution in [0.4, 0.5) is 10.5 Å². The minimum absolute atomic E-state index is 0.0678. The maximum Gasteiger partial charge on any atom is 0.335 e. The Hall–Kier alpha value is -3.46. The van der Waals surface area contributed by atoms with Crippen molar-refractivity contribution in [3.05, 3.63) is 80.2 Å². The fourth-order valence-electron chi connectivity index (χ4n) is 2.46. The summed E-state index contributed by atoms with van der Waals surface area (Å²) in [4.78, 5) is 47.1. The second-order valence-electron chi connectivity index (χ2n) is 5.62. The Morgan fingerprint density at radius 1 is 1.19 bits per heavy atom. The summed E-state index contributed by atoms with van der Waals surface area (Å²) in [5.41, 5.74) is 1.05. The van der Waals surface area contributed by atoms with Crippen molar-refractivity contribution >= 4 is 40.6 Å². The van der Waals surface area contributed by atoms with Crippen LogP contribution in [0.15, 0.2) is 53.4 Å². The molecule has 0 saturated carbocycles. The molecular weight excluding hydrogens is 372 g/mol. The highest BCUT2D eigenvalue weighted by atomic mass is 32.2. The fraction of sp³-hybridized carbons (Fsp3) is 0.0556. The summed E-state index contributed by atoms with van der Waals surface area (Å²) in [5.74, 6) is -1.56. The molecule has 0 aromatic heterocycles. The molecule has 1 saturated heterocycles. The number of thioether (sulfide) groups is 1. The third-order valence-corrected chi connectivity index (χ3v) is 4.70. The monoisotopic (exact) mass is 384 g/mol. The Kier molecular flexibility index (Phi) is 5.04. The molecule has 2 amide bonds. The van der Waals surface area contributed by atoms with Gasteiger partial charge in [-0.2, -0.15) is 0 Å². The van der Waals surface area contributed by atoms with Gasteiger partial charge in [0, 0.05) is 12.1 Å². The second-order valence-corrected chi connectivity index (χ2v) is 6.62. The zero-order chi connectivity index (χ0) is 19.6. The molecule has 1 fully saturated rings. The van der Waals surface area contributed by atoms with Gasteiger partial charge in [0.05, 0.1) is 21.9 Å². The Labute approximate surface area is 157 Å². The van der Waals surface area contributed by atoms with Crippen molar-refractivity contribution in [1.29, 1.82) is 0 Å². The van der Waals surface area contributed by atoms with Crippen LogP contribution in [0, 0.1) is 10.1 Å². The number of non-ortho nitro benzene ring substituents is 1. The Morgan fingerprint density at radius 2 is 1.89 bits per heavy atom. The van der Waals surface area contributed by atoms with Gasteiger partial charge in [-0.05, 0) is 41.1 Å². The lowest BCUT2D eigenvalue weighted by molar-refractivity contribution is -0.384. The van der Waals surface area contributed by atoms with E-state index in [9.17, 15) is 24.5 Å². The number of aromatic carboxylic acids is 1. The summed E-state index contributed by atoms with van der Waals surface area (Å²) in [5, 5.41) is 19.3. The summed E-state index contributed by atoms with van der Waals surface area (Å²) in [6.07, 6.45) is 1.50. The standard InChI is InChI=1S/C18H12N2O6S/c21-16-15(9-11-4-6-13(7-5-11)17(22)23)27-18(24)19(16)10-12-2-1-3-14(8-12)20(25)26/h1-9H,10H2,(H,22,23)/b15-9-. The van der Waals surface area contributed by atoms with E-state index in [1.807, 2.05) is 0 Å². The Bertz CT molecular complexity index is 984. The minimum atomic E-state index is -1.06. The predicted octanol–water partition coefficient (Wildman–Crippen LogP) is 3.53. The van der Waals surface area contributed by atoms with Crippen LogP contribution >= 0.6 is 11.8 Å². The average molecular weight is 384 g/mol. The van der Waals surface area contributed by atoms with E-state index in [1.54, 1.807) is 6.07 Å². The first-order valence-corrected chi connectivity index (χ1v) is 8.49. The van der Waals surface area contributed by atoms with Crippen LogP contribution < -0.4 is 0 Å². The first kappa shape index (κ1) is 18.3. The number of nitro benzene ring substituents is 1. The number of hydrogen-bond donors (Lipinski definition) is 1. The van der Waals surface area contributed by atoms with Gasteiger partial charge in [0.2, 0.25) is 0 Å². The molecule has 27 heavy (non-hydrogen) atoms. The number of carbonyl (C=O) groups is 3. The molecule has 8 nitrogen and oxygen atoms in total. The molecule has 2 aromatic rings. The van der Waals surface area contributed by atoms with Crippen molar-refractivity contribution in [2.45, 2.75) is 6.54 Å². The molecule has 0 bridgehead atoms. The van der Waals surface area contributed by atoms with Gasteiger partial charge >= 0.3 is 5.97 Å². The average Bonchev–Trinajstić information content (AvgIpc) is 2.90. The molecule has 1 N–H and O–H groups in total. The van der Waals surface area contributed by atoms with Gasteiger partial charge in [0.1, 0.15) is 0 Å². The molecule has 1 heterocycles. The van der Waals surface area contributed by atoms with E-state index < -0.39 is 22.0 Å². The third-order valence-electron chi connectivity index (χ3n) is 3.79. The first-order valence-electron chi connectivity index (χ1n) is 7.67. The van der Waals surface area contributed by atoms with Gasteiger partial charge in [0.15, 0.2) is 0 Å². The molecular formula is C18H12N2O6S. The lowest BCUT2D eigenvalue weighted by Gasteiger charge is -2.12. The SMILES string of the molecule is O=C(O)c1ccc(/C=C2\SC(=O)N(Cc3cccc([N+](=O)[O-])c3)C2=O)cc1. The number of carbonyl (C=O) groups excluding carboxylic acids is 2. The molecule has 0 spiro atoms. The topological polar surface area (TPSA) is 118 Å². The molecule has 1 aliphatic rings. The van der Waals surface area contributed by atoms with E-state index in [1.165, 1.54) is 48.5 Å². The van der Waals surface area contributed by atoms with Crippen LogP contribution in [-0.4, -0.2) is 32.0 Å². The van der Waals surface area contributed by atoms with Crippen LogP contribution in [0.3, 0.4) is 0 Å². The Balaban J connectivity index is 1.79. The number of amides is 2. The van der Waals surface area contributed by atoms with E-state index in [0.717, 1.165) is 16.7 Å². The summed E-state index contributed by atoms with van der Waals surface area (Å²) in [6, 6.07) is 11.6. The Morgan fingerprint density at radius 3 is 2.52 bits per heavy atom. The smallest absolute Gasteiger partial charge is 0.335 e. The largest absolute Gasteiger partial charge is 0.478 e. The lowest BCUT2D eigenvalue weighted by Crippen LogP contribution is -2.27. The van der Waals surface area contributed by atoms with E-state index in [2.05, 4.69) is 0 Å². The van der Waals surface area contributed by atoms with Crippen LogP contribution in [0.25, 0.3) is 6.08 Å². The molecule has 0 radical (unpaired) electrons. The normalized spacial score (nSPS) is 15.4. The van der Waals surface area contributed by atoms with Gasteiger partial charge in [-0.3, -0.25) is 24.6 Å². The summed E-state index contributed by atoms with van der Waals surface area (Å²) >= 11 is 0.765. The van der Waals surface area contributed by atoms with E-state index >= 15 is 0 Å². The summed E-state index contributed by atoms with van der Waals surface area (Å²) in [6.45, 7) is -0.0678. The van der Waals surface area contributed by atoms with Crippen molar-refractivity contribution in [2.75, 3.05) is 0 Å². The van der Waals surface area contributed by atoms with Gasteiger partial charge in [-0.15, -0.1) is 0 Å². The van der Waals surface area contributed by atoms with Gasteiger partial charge in [0.25, 0.3) is 16.8 Å². The number of benzene rings is 2. The third kappa shape index (κ3) is 4.04. The van der Waals surface area contributed by atoms with Crippen molar-refractivity contribution in [3.63, 3.8) is 0 Å². The predicted molar refractivity (Wildman–Crippen MR) is 98.0 cm³/mol. The van der Waals surface area contributed by atoms with Gasteiger partial charge in [-0.1, -0.05) is 24.3 Å². The van der Waals surface area contributed by atoms with Crippen LogP contribution in [0.5, 0.6) is 0 Å². The second kappa shape index (κ2) is 7.42. The van der Waals surface area contributed by atoms with E-state index in [4.69, 9.17) is 5.11 Å².